The number of halogens is 1. The maximum atomic E-state index is 14.3. The second-order valence-corrected chi connectivity index (χ2v) is 26.7. The van der Waals surface area contributed by atoms with Gasteiger partial charge in [-0.15, -0.1) is 0 Å². The van der Waals surface area contributed by atoms with E-state index in [1.807, 2.05) is 45.3 Å². The van der Waals surface area contributed by atoms with Crippen molar-refractivity contribution in [2.75, 3.05) is 25.6 Å². The van der Waals surface area contributed by atoms with E-state index in [0.29, 0.717) is 48.8 Å². The molecule has 1 aliphatic rings. The van der Waals surface area contributed by atoms with Crippen molar-refractivity contribution in [2.24, 2.45) is 5.92 Å². The summed E-state index contributed by atoms with van der Waals surface area (Å²) in [4.78, 5) is 34.2. The van der Waals surface area contributed by atoms with E-state index in [9.17, 15) is 9.18 Å². The molecule has 0 bridgehead atoms. The summed E-state index contributed by atoms with van der Waals surface area (Å²) in [5.74, 6) is 2.31. The van der Waals surface area contributed by atoms with E-state index < -0.39 is 36.1 Å². The van der Waals surface area contributed by atoms with Crippen LogP contribution in [0, 0.1) is 12.0 Å². The first kappa shape index (κ1) is 29.2. The van der Waals surface area contributed by atoms with Gasteiger partial charge in [0.2, 0.25) is 0 Å². The molecule has 0 saturated heterocycles. The topological polar surface area (TPSA) is 118 Å². The van der Waals surface area contributed by atoms with Crippen LogP contribution >= 0.6 is 0 Å². The van der Waals surface area contributed by atoms with Crippen LogP contribution in [0.2, 0.25) is 14.8 Å². The average molecular weight is 649 g/mol. The number of imidazole rings is 1. The van der Waals surface area contributed by atoms with Crippen molar-refractivity contribution in [1.29, 1.82) is 0 Å². The van der Waals surface area contributed by atoms with Crippen LogP contribution in [0.4, 0.5) is 15.0 Å². The molecule has 10 nitrogen and oxygen atoms in total. The predicted octanol–water partition coefficient (Wildman–Crippen LogP) is 4.31. The number of rotatable bonds is 8. The fourth-order valence-corrected chi connectivity index (χ4v) is 9.47. The summed E-state index contributed by atoms with van der Waals surface area (Å²) >= 11 is -2.62. The molecule has 0 atom stereocenters. The Hall–Kier alpha value is -2.83. The van der Waals surface area contributed by atoms with E-state index in [1.165, 1.54) is 3.58 Å². The van der Waals surface area contributed by atoms with Gasteiger partial charge < -0.3 is 0 Å². The zero-order chi connectivity index (χ0) is 28.7. The van der Waals surface area contributed by atoms with E-state index >= 15 is 0 Å². The molecule has 0 fully saturated rings. The zero-order valence-electron chi connectivity index (χ0n) is 24.1. The second-order valence-electron chi connectivity index (χ2n) is 12.3. The van der Waals surface area contributed by atoms with Crippen molar-refractivity contribution in [3.8, 4) is 11.5 Å². The molecule has 2 N–H and O–H groups in total. The number of carbonyl (C=O) groups is 1. The Bertz CT molecular complexity index is 1380. The molecule has 3 heterocycles. The van der Waals surface area contributed by atoms with Crippen LogP contribution in [0.15, 0.2) is 12.1 Å². The molecule has 3 aromatic rings. The number of aromatic nitrogens is 4. The Morgan fingerprint density at radius 2 is 1.85 bits per heavy atom. The van der Waals surface area contributed by atoms with E-state index in [1.54, 1.807) is 4.90 Å². The van der Waals surface area contributed by atoms with E-state index in [-0.39, 0.29) is 18.5 Å². The molecular formula is C27H39FN6O4Sn. The number of anilines is 1. The third-order valence-corrected chi connectivity index (χ3v) is 12.2. The van der Waals surface area contributed by atoms with Crippen molar-refractivity contribution in [1.82, 2.24) is 24.4 Å². The Kier molecular flexibility index (Phi) is 8.20. The summed E-state index contributed by atoms with van der Waals surface area (Å²) in [5, 5.41) is 0. The summed E-state index contributed by atoms with van der Waals surface area (Å²) in [7, 11) is 0. The summed E-state index contributed by atoms with van der Waals surface area (Å²) in [6.07, 6.45) is -0.871. The van der Waals surface area contributed by atoms with E-state index in [0.717, 1.165) is 11.3 Å². The molecule has 1 aromatic carbocycles. The zero-order valence-corrected chi connectivity index (χ0v) is 26.9. The molecule has 12 heteroatoms. The molecule has 4 rings (SSSR count). The first-order chi connectivity index (χ1) is 18.1. The first-order valence-corrected chi connectivity index (χ1v) is 23.2. The molecule has 1 aliphatic heterocycles. The monoisotopic (exact) mass is 650 g/mol. The standard InChI is InChI=1S/C24H30FN6O4.3CH3.Sn/c1-14(2)12-30(23(32)35-24(3,4)5)8-9-31-18(27-19-20(26)28-22(25)29-21(19)31)11-15-6-7-16-17(10-15)34-13-33-16;;;;/h7,10,14H,8-9,11-13H2,1-5H3,(H2,26,28,29);3*1H3;. The molecule has 0 saturated carbocycles. The van der Waals surface area contributed by atoms with Gasteiger partial charge in [-0.25, -0.2) is 0 Å². The molecule has 0 radical (unpaired) electrons. The van der Waals surface area contributed by atoms with Crippen LogP contribution in [-0.4, -0.2) is 74.4 Å². The summed E-state index contributed by atoms with van der Waals surface area (Å²) in [6, 6.07) is 4.12. The van der Waals surface area contributed by atoms with Gasteiger partial charge in [-0.1, -0.05) is 0 Å². The first-order valence-electron chi connectivity index (χ1n) is 13.2. The SMILES string of the molecule is CC(C)CN(CCn1c(Cc2cc3c(c[c]2[Sn]([CH3])([CH3])[CH3])OCO3)nc2c(N)nc(F)nc21)C(=O)OC(C)(C)C. The van der Waals surface area contributed by atoms with Gasteiger partial charge in [-0.2, -0.15) is 0 Å². The Morgan fingerprint density at radius 1 is 1.18 bits per heavy atom. The maximum absolute atomic E-state index is 14.3. The fraction of sp³-hybridized carbons (Fsp3) is 0.556. The van der Waals surface area contributed by atoms with Gasteiger partial charge in [0, 0.05) is 0 Å². The predicted molar refractivity (Wildman–Crippen MR) is 151 cm³/mol. The van der Waals surface area contributed by atoms with Gasteiger partial charge in [0.25, 0.3) is 0 Å². The number of carbonyl (C=O) groups excluding carboxylic acids is 1. The molecule has 212 valence electrons. The number of hydrogen-bond donors (Lipinski definition) is 1. The van der Waals surface area contributed by atoms with Gasteiger partial charge in [-0.3, -0.25) is 0 Å². The molecule has 0 unspecified atom stereocenters. The van der Waals surface area contributed by atoms with E-state index in [2.05, 4.69) is 30.9 Å². The minimum absolute atomic E-state index is 0.0235. The average Bonchev–Trinajstić information content (AvgIpc) is 3.38. The van der Waals surface area contributed by atoms with Crippen molar-refractivity contribution < 1.29 is 23.4 Å². The van der Waals surface area contributed by atoms with Crippen LogP contribution in [0.3, 0.4) is 0 Å². The van der Waals surface area contributed by atoms with Gasteiger partial charge in [0.1, 0.15) is 0 Å². The fourth-order valence-electron chi connectivity index (χ4n) is 4.65. The van der Waals surface area contributed by atoms with Crippen LogP contribution in [0.5, 0.6) is 11.5 Å². The second kappa shape index (κ2) is 11.0. The van der Waals surface area contributed by atoms with Crippen LogP contribution in [-0.2, 0) is 17.7 Å². The number of fused-ring (bicyclic) bond motifs is 2. The number of nitrogens with zero attached hydrogens (tertiary/aromatic N) is 5. The Morgan fingerprint density at radius 3 is 2.46 bits per heavy atom. The number of benzene rings is 1. The van der Waals surface area contributed by atoms with Crippen molar-refractivity contribution in [3.63, 3.8) is 0 Å². The summed E-state index contributed by atoms with van der Waals surface area (Å²) in [6.45, 7) is 10.9. The Labute approximate surface area is 232 Å². The number of nitrogens with two attached hydrogens (primary N) is 1. The van der Waals surface area contributed by atoms with Gasteiger partial charge >= 0.3 is 233 Å². The molecule has 0 spiro atoms. The van der Waals surface area contributed by atoms with Gasteiger partial charge in [0.15, 0.2) is 0 Å². The van der Waals surface area contributed by atoms with Gasteiger partial charge in [-0.05, 0) is 0 Å². The normalized spacial score (nSPS) is 13.4. The minimum atomic E-state index is -2.62. The van der Waals surface area contributed by atoms with Crippen molar-refractivity contribution >= 4 is 45.0 Å². The van der Waals surface area contributed by atoms with Crippen LogP contribution in [0.25, 0.3) is 11.2 Å². The third kappa shape index (κ3) is 6.85. The number of amides is 1. The third-order valence-electron chi connectivity index (χ3n) is 6.26. The van der Waals surface area contributed by atoms with E-state index in [4.69, 9.17) is 24.9 Å². The van der Waals surface area contributed by atoms with Crippen molar-refractivity contribution in [2.45, 2.75) is 68.0 Å². The van der Waals surface area contributed by atoms with Crippen LogP contribution in [0.1, 0.15) is 46.0 Å². The molecule has 39 heavy (non-hydrogen) atoms. The summed E-state index contributed by atoms with van der Waals surface area (Å²) in [5.41, 5.74) is 7.15. The molecule has 2 aromatic heterocycles. The molecular weight excluding hydrogens is 610 g/mol. The number of ether oxygens (including phenoxy) is 3. The van der Waals surface area contributed by atoms with Crippen molar-refractivity contribution in [3.05, 3.63) is 29.6 Å². The van der Waals surface area contributed by atoms with Gasteiger partial charge in [0.05, 0.1) is 0 Å². The number of hydrogen-bond acceptors (Lipinski definition) is 8. The summed E-state index contributed by atoms with van der Waals surface area (Å²) < 4.78 is 34.4. The molecule has 1 amide bonds. The quantitative estimate of drug-likeness (QED) is 0.284. The molecule has 0 aliphatic carbocycles. The Balaban J connectivity index is 1.75. The van der Waals surface area contributed by atoms with Crippen LogP contribution < -0.4 is 18.8 Å². The number of nitrogen functional groups attached to an aromatic ring is 1.